The highest BCUT2D eigenvalue weighted by atomic mass is 35.5. The van der Waals surface area contributed by atoms with Gasteiger partial charge in [0.1, 0.15) is 0 Å². The molecule has 2 atom stereocenters. The Morgan fingerprint density at radius 2 is 2.12 bits per heavy atom. The van der Waals surface area contributed by atoms with E-state index in [4.69, 9.17) is 23.2 Å². The van der Waals surface area contributed by atoms with Crippen LogP contribution in [-0.2, 0) is 4.79 Å². The van der Waals surface area contributed by atoms with E-state index in [1.54, 1.807) is 6.07 Å². The Morgan fingerprint density at radius 1 is 1.41 bits per heavy atom. The molecular weight excluding hydrogens is 277 g/mol. The number of halogens is 2. The average molecular weight is 290 g/mol. The van der Waals surface area contributed by atoms with Crippen LogP contribution in [0.15, 0.2) is 18.2 Å². The topological polar surface area (TPSA) is 20.3 Å². The minimum atomic E-state index is 0.00872. The van der Waals surface area contributed by atoms with Crippen molar-refractivity contribution in [1.82, 2.24) is 4.90 Å². The van der Waals surface area contributed by atoms with Gasteiger partial charge in [-0.2, -0.15) is 12.6 Å². The number of thiol groups is 1. The van der Waals surface area contributed by atoms with Crippen LogP contribution in [-0.4, -0.2) is 22.6 Å². The van der Waals surface area contributed by atoms with Crippen LogP contribution >= 0.6 is 35.8 Å². The van der Waals surface area contributed by atoms with Gasteiger partial charge < -0.3 is 4.90 Å². The Hall–Kier alpha value is -0.380. The molecule has 1 fully saturated rings. The van der Waals surface area contributed by atoms with Gasteiger partial charge in [0, 0.05) is 18.2 Å². The lowest BCUT2D eigenvalue weighted by molar-refractivity contribution is -0.129. The maximum absolute atomic E-state index is 11.8. The highest BCUT2D eigenvalue weighted by Crippen LogP contribution is 2.31. The second-order valence-corrected chi connectivity index (χ2v) is 5.80. The Morgan fingerprint density at radius 3 is 2.65 bits per heavy atom. The van der Waals surface area contributed by atoms with Crippen molar-refractivity contribution in [2.24, 2.45) is 0 Å². The van der Waals surface area contributed by atoms with Gasteiger partial charge in [-0.1, -0.05) is 29.3 Å². The van der Waals surface area contributed by atoms with E-state index in [1.165, 1.54) is 0 Å². The number of hydrogen-bond donors (Lipinski definition) is 1. The van der Waals surface area contributed by atoms with E-state index >= 15 is 0 Å². The zero-order valence-electron chi connectivity index (χ0n) is 9.36. The normalized spacial score (nSPS) is 22.0. The molecule has 0 spiro atoms. The van der Waals surface area contributed by atoms with E-state index in [0.717, 1.165) is 5.56 Å². The van der Waals surface area contributed by atoms with E-state index in [1.807, 2.05) is 24.0 Å². The molecule has 1 aliphatic heterocycles. The molecule has 0 aromatic heterocycles. The third-order valence-electron chi connectivity index (χ3n) is 3.03. The molecule has 0 saturated carbocycles. The van der Waals surface area contributed by atoms with E-state index in [-0.39, 0.29) is 17.2 Å². The van der Waals surface area contributed by atoms with Crippen molar-refractivity contribution in [2.75, 3.05) is 6.54 Å². The summed E-state index contributed by atoms with van der Waals surface area (Å²) < 4.78 is 0. The quantitative estimate of drug-likeness (QED) is 0.825. The lowest BCUT2D eigenvalue weighted by Crippen LogP contribution is -2.28. The van der Waals surface area contributed by atoms with Gasteiger partial charge in [0.15, 0.2) is 0 Å². The van der Waals surface area contributed by atoms with Crippen molar-refractivity contribution in [3.63, 3.8) is 0 Å². The average Bonchev–Trinajstić information content (AvgIpc) is 2.61. The molecule has 5 heteroatoms. The number of nitrogens with zero attached hydrogens (tertiary/aromatic N) is 1. The van der Waals surface area contributed by atoms with E-state index in [2.05, 4.69) is 12.6 Å². The standard InChI is InChI=1S/C12H13Cl2NOS/c1-7(15-6-9(17)5-12(15)16)8-2-3-10(13)11(14)4-8/h2-4,7,9,17H,5-6H2,1H3. The predicted molar refractivity (Wildman–Crippen MR) is 74.0 cm³/mol. The van der Waals surface area contributed by atoms with Crippen molar-refractivity contribution < 1.29 is 4.79 Å². The van der Waals surface area contributed by atoms with Crippen LogP contribution in [0.2, 0.25) is 10.0 Å². The summed E-state index contributed by atoms with van der Waals surface area (Å²) in [5.41, 5.74) is 0.996. The zero-order valence-corrected chi connectivity index (χ0v) is 11.8. The minimum absolute atomic E-state index is 0.00872. The van der Waals surface area contributed by atoms with Gasteiger partial charge in [0.2, 0.25) is 5.91 Å². The molecule has 2 nitrogen and oxygen atoms in total. The molecule has 1 amide bonds. The van der Waals surface area contributed by atoms with Crippen molar-refractivity contribution in [3.05, 3.63) is 33.8 Å². The lowest BCUT2D eigenvalue weighted by atomic mass is 10.1. The fourth-order valence-corrected chi connectivity index (χ4v) is 2.68. The smallest absolute Gasteiger partial charge is 0.224 e. The van der Waals surface area contributed by atoms with Gasteiger partial charge in [0.05, 0.1) is 16.1 Å². The largest absolute Gasteiger partial charge is 0.335 e. The molecule has 1 saturated heterocycles. The number of carbonyl (C=O) groups is 1. The van der Waals surface area contributed by atoms with Crippen LogP contribution in [0.3, 0.4) is 0 Å². The SMILES string of the molecule is CC(c1ccc(Cl)c(Cl)c1)N1CC(S)CC1=O. The summed E-state index contributed by atoms with van der Waals surface area (Å²) >= 11 is 16.2. The van der Waals surface area contributed by atoms with Gasteiger partial charge in [-0.25, -0.2) is 0 Å². The Balaban J connectivity index is 2.22. The Kier molecular flexibility index (Phi) is 3.91. The van der Waals surface area contributed by atoms with Crippen LogP contribution in [0.5, 0.6) is 0 Å². The number of benzene rings is 1. The van der Waals surface area contributed by atoms with Gasteiger partial charge >= 0.3 is 0 Å². The number of rotatable bonds is 2. The molecule has 1 aromatic carbocycles. The fourth-order valence-electron chi connectivity index (χ4n) is 2.04. The van der Waals surface area contributed by atoms with Gasteiger partial charge in [-0.3, -0.25) is 4.79 Å². The molecule has 0 bridgehead atoms. The summed E-state index contributed by atoms with van der Waals surface area (Å²) in [5, 5.41) is 1.18. The number of likely N-dealkylation sites (tertiary alicyclic amines) is 1. The molecular formula is C12H13Cl2NOS. The Labute approximate surface area is 116 Å². The second kappa shape index (κ2) is 5.09. The molecule has 1 heterocycles. The first-order valence-corrected chi connectivity index (χ1v) is 6.68. The molecule has 92 valence electrons. The molecule has 17 heavy (non-hydrogen) atoms. The summed E-state index contributed by atoms with van der Waals surface area (Å²) in [6.07, 6.45) is 0.509. The number of hydrogen-bond acceptors (Lipinski definition) is 2. The summed E-state index contributed by atoms with van der Waals surface area (Å²) in [4.78, 5) is 13.6. The maximum atomic E-state index is 11.8. The lowest BCUT2D eigenvalue weighted by Gasteiger charge is -2.25. The van der Waals surface area contributed by atoms with E-state index < -0.39 is 0 Å². The molecule has 1 aromatic rings. The van der Waals surface area contributed by atoms with E-state index in [0.29, 0.717) is 23.0 Å². The van der Waals surface area contributed by atoms with Crippen LogP contribution in [0.25, 0.3) is 0 Å². The summed E-state index contributed by atoms with van der Waals surface area (Å²) in [7, 11) is 0. The molecule has 1 aliphatic rings. The van der Waals surface area contributed by atoms with Crippen LogP contribution in [0.4, 0.5) is 0 Å². The Bertz CT molecular complexity index is 452. The van der Waals surface area contributed by atoms with Crippen molar-refractivity contribution in [2.45, 2.75) is 24.6 Å². The molecule has 2 rings (SSSR count). The second-order valence-electron chi connectivity index (χ2n) is 4.25. The van der Waals surface area contributed by atoms with Gasteiger partial charge in [-0.15, -0.1) is 0 Å². The molecule has 0 radical (unpaired) electrons. The first kappa shape index (κ1) is 13.1. The summed E-state index contributed by atoms with van der Waals surface area (Å²) in [6.45, 7) is 2.67. The monoisotopic (exact) mass is 289 g/mol. The van der Waals surface area contributed by atoms with Crippen LogP contribution < -0.4 is 0 Å². The van der Waals surface area contributed by atoms with Crippen LogP contribution in [0.1, 0.15) is 24.9 Å². The first-order chi connectivity index (χ1) is 7.99. The third kappa shape index (κ3) is 2.72. The maximum Gasteiger partial charge on any atom is 0.224 e. The van der Waals surface area contributed by atoms with Crippen molar-refractivity contribution >= 4 is 41.7 Å². The van der Waals surface area contributed by atoms with Gasteiger partial charge in [-0.05, 0) is 24.6 Å². The molecule has 0 N–H and O–H groups in total. The predicted octanol–water partition coefficient (Wildman–Crippen LogP) is 3.59. The highest BCUT2D eigenvalue weighted by Gasteiger charge is 2.31. The third-order valence-corrected chi connectivity index (χ3v) is 4.12. The molecule has 0 aliphatic carbocycles. The number of carbonyl (C=O) groups excluding carboxylic acids is 1. The fraction of sp³-hybridized carbons (Fsp3) is 0.417. The molecule has 2 unspecified atom stereocenters. The van der Waals surface area contributed by atoms with Crippen molar-refractivity contribution in [1.29, 1.82) is 0 Å². The summed E-state index contributed by atoms with van der Waals surface area (Å²) in [5.74, 6) is 0.142. The van der Waals surface area contributed by atoms with Crippen LogP contribution in [0, 0.1) is 0 Å². The zero-order chi connectivity index (χ0) is 12.6. The number of amides is 1. The van der Waals surface area contributed by atoms with E-state index in [9.17, 15) is 4.79 Å². The first-order valence-electron chi connectivity index (χ1n) is 5.41. The van der Waals surface area contributed by atoms with Gasteiger partial charge in [0.25, 0.3) is 0 Å². The minimum Gasteiger partial charge on any atom is -0.335 e. The summed E-state index contributed by atoms with van der Waals surface area (Å²) in [6, 6.07) is 5.48. The van der Waals surface area contributed by atoms with Crippen molar-refractivity contribution in [3.8, 4) is 0 Å². The highest BCUT2D eigenvalue weighted by molar-refractivity contribution is 7.81.